The average molecular weight is 333 g/mol. The van der Waals surface area contributed by atoms with Crippen molar-refractivity contribution < 1.29 is 18.0 Å². The molecule has 0 unspecified atom stereocenters. The molecular weight excluding hydrogens is 314 g/mol. The second kappa shape index (κ2) is 7.01. The standard InChI is InChI=1S/C12H19N3O4S2/c1-9(16)13-7-10-5-6-12(20-10)21(18,19)15(4)8-11(17)14(2)3/h5-6H,7-8H2,1-4H3,(H,13,16). The minimum Gasteiger partial charge on any atom is -0.351 e. The Balaban J connectivity index is 2.83. The van der Waals surface area contributed by atoms with E-state index in [4.69, 9.17) is 0 Å². The van der Waals surface area contributed by atoms with Gasteiger partial charge in [-0.15, -0.1) is 11.3 Å². The molecule has 1 N–H and O–H groups in total. The number of nitrogens with zero attached hydrogens (tertiary/aromatic N) is 2. The zero-order valence-corrected chi connectivity index (χ0v) is 14.0. The molecule has 1 heterocycles. The van der Waals surface area contributed by atoms with E-state index < -0.39 is 10.0 Å². The predicted octanol–water partition coefficient (Wildman–Crippen LogP) is 0.0929. The second-order valence-corrected chi connectivity index (χ2v) is 8.12. The quantitative estimate of drug-likeness (QED) is 0.799. The van der Waals surface area contributed by atoms with Gasteiger partial charge in [0.1, 0.15) is 4.21 Å². The van der Waals surface area contributed by atoms with Crippen LogP contribution in [0.2, 0.25) is 0 Å². The van der Waals surface area contributed by atoms with Crippen molar-refractivity contribution in [3.8, 4) is 0 Å². The first-order chi connectivity index (χ1) is 9.64. The highest BCUT2D eigenvalue weighted by Gasteiger charge is 2.25. The summed E-state index contributed by atoms with van der Waals surface area (Å²) in [4.78, 5) is 24.5. The van der Waals surface area contributed by atoms with Gasteiger partial charge in [0.05, 0.1) is 13.1 Å². The van der Waals surface area contributed by atoms with Gasteiger partial charge < -0.3 is 10.2 Å². The Morgan fingerprint density at radius 3 is 2.38 bits per heavy atom. The van der Waals surface area contributed by atoms with Gasteiger partial charge in [0.2, 0.25) is 11.8 Å². The molecular formula is C12H19N3O4S2. The maximum Gasteiger partial charge on any atom is 0.252 e. The zero-order chi connectivity index (χ0) is 16.2. The molecule has 7 nitrogen and oxygen atoms in total. The Bertz CT molecular complexity index is 622. The van der Waals surface area contributed by atoms with Crippen LogP contribution in [-0.4, -0.2) is 57.1 Å². The largest absolute Gasteiger partial charge is 0.351 e. The van der Waals surface area contributed by atoms with Crippen molar-refractivity contribution in [1.29, 1.82) is 0 Å². The summed E-state index contributed by atoms with van der Waals surface area (Å²) < 4.78 is 25.8. The summed E-state index contributed by atoms with van der Waals surface area (Å²) in [5, 5.41) is 2.61. The third-order valence-corrected chi connectivity index (χ3v) is 6.03. The number of carbonyl (C=O) groups excluding carboxylic acids is 2. The highest BCUT2D eigenvalue weighted by Crippen LogP contribution is 2.24. The molecule has 0 bridgehead atoms. The lowest BCUT2D eigenvalue weighted by atomic mass is 10.4. The lowest BCUT2D eigenvalue weighted by molar-refractivity contribution is -0.128. The SMILES string of the molecule is CC(=O)NCc1ccc(S(=O)(=O)N(C)CC(=O)N(C)C)s1. The van der Waals surface area contributed by atoms with Gasteiger partial charge >= 0.3 is 0 Å². The number of carbonyl (C=O) groups is 2. The number of rotatable bonds is 6. The highest BCUT2D eigenvalue weighted by molar-refractivity contribution is 7.91. The molecule has 118 valence electrons. The molecule has 9 heteroatoms. The summed E-state index contributed by atoms with van der Waals surface area (Å²) in [7, 11) is 0.809. The van der Waals surface area contributed by atoms with Crippen molar-refractivity contribution >= 4 is 33.2 Å². The molecule has 1 aromatic rings. The first kappa shape index (κ1) is 17.6. The van der Waals surface area contributed by atoms with E-state index in [0.29, 0.717) is 0 Å². The second-order valence-electron chi connectivity index (χ2n) is 4.68. The Morgan fingerprint density at radius 2 is 1.86 bits per heavy atom. The van der Waals surface area contributed by atoms with Gasteiger partial charge in [0.25, 0.3) is 10.0 Å². The van der Waals surface area contributed by atoms with Crippen molar-refractivity contribution in [2.45, 2.75) is 17.7 Å². The Morgan fingerprint density at radius 1 is 1.24 bits per heavy atom. The van der Waals surface area contributed by atoms with Crippen LogP contribution in [0.25, 0.3) is 0 Å². The van der Waals surface area contributed by atoms with Crippen LogP contribution in [0.5, 0.6) is 0 Å². The summed E-state index contributed by atoms with van der Waals surface area (Å²) in [6.07, 6.45) is 0. The number of sulfonamides is 1. The van der Waals surface area contributed by atoms with Crippen LogP contribution in [0.4, 0.5) is 0 Å². The van der Waals surface area contributed by atoms with Crippen molar-refractivity contribution in [2.24, 2.45) is 0 Å². The first-order valence-corrected chi connectivity index (χ1v) is 8.40. The van der Waals surface area contributed by atoms with E-state index in [1.807, 2.05) is 0 Å². The molecule has 1 rings (SSSR count). The fourth-order valence-corrected chi connectivity index (χ4v) is 4.00. The van der Waals surface area contributed by atoms with E-state index in [-0.39, 0.29) is 29.1 Å². The molecule has 0 aliphatic heterocycles. The summed E-state index contributed by atoms with van der Waals surface area (Å²) >= 11 is 1.08. The zero-order valence-electron chi connectivity index (χ0n) is 12.4. The molecule has 0 aliphatic carbocycles. The Hall–Kier alpha value is -1.45. The number of amides is 2. The number of thiophene rings is 1. The molecule has 1 aromatic heterocycles. The maximum atomic E-state index is 12.3. The number of nitrogens with one attached hydrogen (secondary N) is 1. The number of hydrogen-bond donors (Lipinski definition) is 1. The average Bonchev–Trinajstić information content (AvgIpc) is 2.85. The monoisotopic (exact) mass is 333 g/mol. The lowest BCUT2D eigenvalue weighted by Crippen LogP contribution is -2.37. The summed E-state index contributed by atoms with van der Waals surface area (Å²) in [6.45, 7) is 1.47. The van der Waals surface area contributed by atoms with Gasteiger partial charge in [-0.05, 0) is 12.1 Å². The molecule has 0 radical (unpaired) electrons. The molecule has 21 heavy (non-hydrogen) atoms. The topological polar surface area (TPSA) is 86.8 Å². The van der Waals surface area contributed by atoms with Crippen LogP contribution in [0, 0.1) is 0 Å². The fourth-order valence-electron chi connectivity index (χ4n) is 1.37. The van der Waals surface area contributed by atoms with E-state index in [9.17, 15) is 18.0 Å². The third-order valence-electron chi connectivity index (χ3n) is 2.67. The van der Waals surface area contributed by atoms with Crippen molar-refractivity contribution in [2.75, 3.05) is 27.7 Å². The van der Waals surface area contributed by atoms with E-state index in [1.165, 1.54) is 24.9 Å². The normalized spacial score (nSPS) is 11.5. The summed E-state index contributed by atoms with van der Waals surface area (Å²) in [5.41, 5.74) is 0. The fraction of sp³-hybridized carbons (Fsp3) is 0.500. The molecule has 0 fully saturated rings. The van der Waals surface area contributed by atoms with Gasteiger partial charge in [-0.2, -0.15) is 4.31 Å². The van der Waals surface area contributed by atoms with Crippen molar-refractivity contribution in [1.82, 2.24) is 14.5 Å². The minimum atomic E-state index is -3.69. The van der Waals surface area contributed by atoms with Crippen molar-refractivity contribution in [3.05, 3.63) is 17.0 Å². The number of hydrogen-bond acceptors (Lipinski definition) is 5. The molecule has 0 aliphatic rings. The number of likely N-dealkylation sites (N-methyl/N-ethyl adjacent to an activating group) is 2. The Kier molecular flexibility index (Phi) is 5.87. The summed E-state index contributed by atoms with van der Waals surface area (Å²) in [6, 6.07) is 3.13. The van der Waals surface area contributed by atoms with Crippen molar-refractivity contribution in [3.63, 3.8) is 0 Å². The van der Waals surface area contributed by atoms with Crippen LogP contribution < -0.4 is 5.32 Å². The molecule has 0 saturated carbocycles. The van der Waals surface area contributed by atoms with Crippen LogP contribution in [0.1, 0.15) is 11.8 Å². The van der Waals surface area contributed by atoms with Gasteiger partial charge in [-0.3, -0.25) is 9.59 Å². The van der Waals surface area contributed by atoms with Gasteiger partial charge in [-0.1, -0.05) is 0 Å². The van der Waals surface area contributed by atoms with Crippen LogP contribution in [-0.2, 0) is 26.2 Å². The van der Waals surface area contributed by atoms with Crippen LogP contribution in [0.3, 0.4) is 0 Å². The van der Waals surface area contributed by atoms with Crippen LogP contribution in [0.15, 0.2) is 16.3 Å². The highest BCUT2D eigenvalue weighted by atomic mass is 32.2. The van der Waals surface area contributed by atoms with E-state index in [2.05, 4.69) is 5.32 Å². The maximum absolute atomic E-state index is 12.3. The predicted molar refractivity (Wildman–Crippen MR) is 80.3 cm³/mol. The first-order valence-electron chi connectivity index (χ1n) is 6.14. The Labute approximate surface area is 128 Å². The van der Waals surface area contributed by atoms with E-state index >= 15 is 0 Å². The van der Waals surface area contributed by atoms with E-state index in [0.717, 1.165) is 20.5 Å². The molecule has 0 aromatic carbocycles. The summed E-state index contributed by atoms with van der Waals surface area (Å²) in [5.74, 6) is -0.474. The van der Waals surface area contributed by atoms with Gasteiger partial charge in [0, 0.05) is 32.9 Å². The molecule has 0 spiro atoms. The molecule has 0 saturated heterocycles. The lowest BCUT2D eigenvalue weighted by Gasteiger charge is -2.18. The smallest absolute Gasteiger partial charge is 0.252 e. The third kappa shape index (κ3) is 4.80. The van der Waals surface area contributed by atoms with Gasteiger partial charge in [0.15, 0.2) is 0 Å². The molecule has 2 amide bonds. The minimum absolute atomic E-state index is 0.150. The molecule has 0 atom stereocenters. The van der Waals surface area contributed by atoms with E-state index in [1.54, 1.807) is 20.2 Å². The van der Waals surface area contributed by atoms with Crippen LogP contribution >= 0.6 is 11.3 Å². The van der Waals surface area contributed by atoms with Gasteiger partial charge in [-0.25, -0.2) is 8.42 Å².